The van der Waals surface area contributed by atoms with E-state index in [0.29, 0.717) is 37.3 Å². The third kappa shape index (κ3) is 4.40. The van der Waals surface area contributed by atoms with Crippen molar-refractivity contribution in [2.45, 2.75) is 6.61 Å². The van der Waals surface area contributed by atoms with Crippen LogP contribution in [0.15, 0.2) is 36.4 Å². The molecule has 0 aliphatic rings. The number of nitrogens with two attached hydrogens (primary N) is 1. The fraction of sp³-hybridized carbons (Fsp3) is 0.286. The van der Waals surface area contributed by atoms with Crippen molar-refractivity contribution in [2.24, 2.45) is 0 Å². The first kappa shape index (κ1) is 14.1. The van der Waals surface area contributed by atoms with Crippen molar-refractivity contribution in [3.05, 3.63) is 42.2 Å². The van der Waals surface area contributed by atoms with Crippen molar-refractivity contribution in [3.63, 3.8) is 0 Å². The number of methoxy groups -OCH3 is 1. The molecule has 0 aliphatic carbocycles. The smallest absolute Gasteiger partial charge is 0.218 e. The van der Waals surface area contributed by atoms with Crippen molar-refractivity contribution in [1.82, 2.24) is 9.97 Å². The molecule has 6 nitrogen and oxygen atoms in total. The molecule has 2 aromatic rings. The molecule has 1 aromatic carbocycles. The van der Waals surface area contributed by atoms with Gasteiger partial charge in [0.25, 0.3) is 0 Å². The highest BCUT2D eigenvalue weighted by Gasteiger charge is 2.03. The molecular formula is C14H17N3O3. The number of hydrogen-bond donors (Lipinski definition) is 1. The van der Waals surface area contributed by atoms with Crippen molar-refractivity contribution in [3.8, 4) is 11.6 Å². The number of aromatic nitrogens is 2. The van der Waals surface area contributed by atoms with Crippen LogP contribution in [0, 0.1) is 0 Å². The standard InChI is InChI=1S/C14H17N3O3/c1-18-10-13-16-12(15)9-14(17-13)20-8-7-19-11-5-3-2-4-6-11/h2-6,9H,7-8,10H2,1H3,(H2,15,16,17). The number of ether oxygens (including phenoxy) is 3. The molecule has 0 fully saturated rings. The Balaban J connectivity index is 1.81. The summed E-state index contributed by atoms with van der Waals surface area (Å²) in [6.07, 6.45) is 0. The highest BCUT2D eigenvalue weighted by atomic mass is 16.5. The van der Waals surface area contributed by atoms with E-state index in [1.165, 1.54) is 0 Å². The van der Waals surface area contributed by atoms with Gasteiger partial charge in [-0.15, -0.1) is 0 Å². The van der Waals surface area contributed by atoms with Crippen LogP contribution in [-0.4, -0.2) is 30.3 Å². The second-order valence-electron chi connectivity index (χ2n) is 3.99. The van der Waals surface area contributed by atoms with Crippen LogP contribution < -0.4 is 15.2 Å². The van der Waals surface area contributed by atoms with Crippen molar-refractivity contribution >= 4 is 5.82 Å². The lowest BCUT2D eigenvalue weighted by atomic mass is 10.3. The van der Waals surface area contributed by atoms with E-state index in [0.717, 1.165) is 5.75 Å². The molecule has 2 rings (SSSR count). The molecule has 0 radical (unpaired) electrons. The molecule has 0 amide bonds. The molecule has 0 bridgehead atoms. The van der Waals surface area contributed by atoms with E-state index < -0.39 is 0 Å². The lowest BCUT2D eigenvalue weighted by molar-refractivity contribution is 0.174. The van der Waals surface area contributed by atoms with Crippen molar-refractivity contribution in [1.29, 1.82) is 0 Å². The molecule has 0 aliphatic heterocycles. The largest absolute Gasteiger partial charge is 0.490 e. The molecule has 0 atom stereocenters. The SMILES string of the molecule is COCc1nc(N)cc(OCCOc2ccccc2)n1. The summed E-state index contributed by atoms with van der Waals surface area (Å²) in [4.78, 5) is 8.20. The normalized spacial score (nSPS) is 10.2. The third-order valence-electron chi connectivity index (χ3n) is 2.39. The summed E-state index contributed by atoms with van der Waals surface area (Å²) in [7, 11) is 1.57. The Morgan fingerprint density at radius 2 is 1.80 bits per heavy atom. The van der Waals surface area contributed by atoms with E-state index in [1.54, 1.807) is 13.2 Å². The summed E-state index contributed by atoms with van der Waals surface area (Å²) in [5.74, 6) is 2.07. The maximum absolute atomic E-state index is 5.67. The average Bonchev–Trinajstić information content (AvgIpc) is 2.45. The van der Waals surface area contributed by atoms with Crippen molar-refractivity contribution < 1.29 is 14.2 Å². The lowest BCUT2D eigenvalue weighted by Gasteiger charge is -2.09. The van der Waals surface area contributed by atoms with E-state index in [4.69, 9.17) is 19.9 Å². The molecule has 2 N–H and O–H groups in total. The second kappa shape index (κ2) is 7.30. The number of rotatable bonds is 7. The van der Waals surface area contributed by atoms with Gasteiger partial charge in [0.2, 0.25) is 5.88 Å². The summed E-state index contributed by atoms with van der Waals surface area (Å²) in [6.45, 7) is 1.09. The fourth-order valence-electron chi connectivity index (χ4n) is 1.58. The van der Waals surface area contributed by atoms with E-state index in [-0.39, 0.29) is 0 Å². The fourth-order valence-corrected chi connectivity index (χ4v) is 1.58. The molecule has 0 saturated carbocycles. The van der Waals surface area contributed by atoms with E-state index >= 15 is 0 Å². The first-order valence-electron chi connectivity index (χ1n) is 6.21. The van der Waals surface area contributed by atoms with Gasteiger partial charge in [-0.25, -0.2) is 4.98 Å². The molecule has 1 aromatic heterocycles. The van der Waals surface area contributed by atoms with Crippen LogP contribution in [0.3, 0.4) is 0 Å². The summed E-state index contributed by atoms with van der Waals surface area (Å²) < 4.78 is 16.0. The van der Waals surface area contributed by atoms with Crippen LogP contribution in [0.4, 0.5) is 5.82 Å². The Morgan fingerprint density at radius 3 is 2.55 bits per heavy atom. The van der Waals surface area contributed by atoms with Gasteiger partial charge in [0.05, 0.1) is 0 Å². The van der Waals surface area contributed by atoms with Gasteiger partial charge in [0.15, 0.2) is 5.82 Å². The van der Waals surface area contributed by atoms with Gasteiger partial charge in [-0.3, -0.25) is 0 Å². The molecule has 0 saturated heterocycles. The number of para-hydroxylation sites is 1. The zero-order valence-corrected chi connectivity index (χ0v) is 11.3. The predicted octanol–water partition coefficient (Wildman–Crippen LogP) is 1.66. The first-order valence-corrected chi connectivity index (χ1v) is 6.21. The number of nitrogens with zero attached hydrogens (tertiary/aromatic N) is 2. The summed E-state index contributed by atoms with van der Waals surface area (Å²) in [5, 5.41) is 0. The van der Waals surface area contributed by atoms with Crippen LogP contribution in [-0.2, 0) is 11.3 Å². The molecule has 1 heterocycles. The van der Waals surface area contributed by atoms with Crippen LogP contribution in [0.5, 0.6) is 11.6 Å². The maximum atomic E-state index is 5.67. The molecular weight excluding hydrogens is 258 g/mol. The minimum Gasteiger partial charge on any atom is -0.490 e. The Kier molecular flexibility index (Phi) is 5.14. The minimum atomic E-state index is 0.294. The van der Waals surface area contributed by atoms with Gasteiger partial charge in [0, 0.05) is 13.2 Å². The van der Waals surface area contributed by atoms with Gasteiger partial charge in [-0.05, 0) is 12.1 Å². The highest BCUT2D eigenvalue weighted by molar-refractivity contribution is 5.32. The average molecular weight is 275 g/mol. The number of benzene rings is 1. The van der Waals surface area contributed by atoms with Gasteiger partial charge in [0.1, 0.15) is 31.4 Å². The van der Waals surface area contributed by atoms with Crippen LogP contribution >= 0.6 is 0 Å². The number of nitrogen functional groups attached to an aromatic ring is 1. The summed E-state index contributed by atoms with van der Waals surface area (Å²) in [5.41, 5.74) is 5.67. The van der Waals surface area contributed by atoms with E-state index in [2.05, 4.69) is 9.97 Å². The van der Waals surface area contributed by atoms with Crippen LogP contribution in [0.25, 0.3) is 0 Å². The quantitative estimate of drug-likeness (QED) is 0.774. The van der Waals surface area contributed by atoms with Gasteiger partial charge in [-0.1, -0.05) is 18.2 Å². The molecule has 106 valence electrons. The lowest BCUT2D eigenvalue weighted by Crippen LogP contribution is -2.11. The Labute approximate surface area is 117 Å². The molecule has 20 heavy (non-hydrogen) atoms. The number of anilines is 1. The van der Waals surface area contributed by atoms with Crippen LogP contribution in [0.2, 0.25) is 0 Å². The van der Waals surface area contributed by atoms with E-state index in [9.17, 15) is 0 Å². The maximum Gasteiger partial charge on any atom is 0.218 e. The zero-order chi connectivity index (χ0) is 14.2. The van der Waals surface area contributed by atoms with Gasteiger partial charge < -0.3 is 19.9 Å². The zero-order valence-electron chi connectivity index (χ0n) is 11.3. The van der Waals surface area contributed by atoms with Gasteiger partial charge in [-0.2, -0.15) is 4.98 Å². The molecule has 6 heteroatoms. The predicted molar refractivity (Wildman–Crippen MR) is 74.6 cm³/mol. The monoisotopic (exact) mass is 275 g/mol. The summed E-state index contributed by atoms with van der Waals surface area (Å²) in [6, 6.07) is 11.1. The Bertz CT molecular complexity index is 534. The molecule has 0 unspecified atom stereocenters. The van der Waals surface area contributed by atoms with Crippen molar-refractivity contribution in [2.75, 3.05) is 26.1 Å². The third-order valence-corrected chi connectivity index (χ3v) is 2.39. The van der Waals surface area contributed by atoms with E-state index in [1.807, 2.05) is 30.3 Å². The molecule has 0 spiro atoms. The first-order chi connectivity index (χ1) is 9.78. The van der Waals surface area contributed by atoms with Crippen LogP contribution in [0.1, 0.15) is 5.82 Å². The topological polar surface area (TPSA) is 79.5 Å². The Hall–Kier alpha value is -2.34. The van der Waals surface area contributed by atoms with Gasteiger partial charge >= 0.3 is 0 Å². The number of hydrogen-bond acceptors (Lipinski definition) is 6. The minimum absolute atomic E-state index is 0.294. The Morgan fingerprint density at radius 1 is 1.05 bits per heavy atom. The second-order valence-corrected chi connectivity index (χ2v) is 3.99. The highest BCUT2D eigenvalue weighted by Crippen LogP contribution is 2.12. The summed E-state index contributed by atoms with van der Waals surface area (Å²) >= 11 is 0.